The van der Waals surface area contributed by atoms with E-state index in [1.807, 2.05) is 61.5 Å². The highest BCUT2D eigenvalue weighted by atomic mass is 32.2. The summed E-state index contributed by atoms with van der Waals surface area (Å²) < 4.78 is 34.7. The Bertz CT molecular complexity index is 1710. The van der Waals surface area contributed by atoms with E-state index in [1.165, 1.54) is 19.2 Å². The molecule has 0 bridgehead atoms. The standard InChI is InChI=1S/C37H41N3O5S/c1-28-13-9-10-16-30(28)26-39(35(25-29-14-5-3-6-15-29)37(42)38-31-17-11-12-18-31)36(41)27-40(32-21-23-33(45-2)24-22-32)46(43,44)34-19-7-4-8-20-34/h3-10,13-16,19-24,31,35H,11-12,17-18,25-27H2,1-2H3,(H,38,42)/t35-/m0/s1. The van der Waals surface area contributed by atoms with Crippen molar-refractivity contribution in [1.29, 1.82) is 0 Å². The minimum atomic E-state index is -4.16. The van der Waals surface area contributed by atoms with Gasteiger partial charge in [-0.15, -0.1) is 0 Å². The van der Waals surface area contributed by atoms with E-state index in [0.717, 1.165) is 46.7 Å². The van der Waals surface area contributed by atoms with Gasteiger partial charge in [-0.05, 0) is 72.9 Å². The lowest BCUT2D eigenvalue weighted by Crippen LogP contribution is -2.54. The van der Waals surface area contributed by atoms with E-state index in [4.69, 9.17) is 4.74 Å². The molecular weight excluding hydrogens is 598 g/mol. The summed E-state index contributed by atoms with van der Waals surface area (Å²) in [5.41, 5.74) is 3.06. The number of hydrogen-bond acceptors (Lipinski definition) is 5. The number of anilines is 1. The van der Waals surface area contributed by atoms with Crippen LogP contribution in [0.15, 0.2) is 114 Å². The number of rotatable bonds is 13. The van der Waals surface area contributed by atoms with Crippen LogP contribution in [0.2, 0.25) is 0 Å². The summed E-state index contributed by atoms with van der Waals surface area (Å²) in [5, 5.41) is 3.21. The van der Waals surface area contributed by atoms with Crippen molar-refractivity contribution in [1.82, 2.24) is 10.2 Å². The molecule has 1 aliphatic rings. The molecule has 0 aromatic heterocycles. The SMILES string of the molecule is COc1ccc(N(CC(=O)N(Cc2ccccc2C)[C@@H](Cc2ccccc2)C(=O)NC2CCCC2)S(=O)(=O)c2ccccc2)cc1. The Morgan fingerprint density at radius 2 is 1.46 bits per heavy atom. The second-order valence-corrected chi connectivity index (χ2v) is 13.5. The zero-order valence-electron chi connectivity index (χ0n) is 26.3. The number of sulfonamides is 1. The van der Waals surface area contributed by atoms with Crippen LogP contribution in [-0.2, 0) is 32.6 Å². The molecule has 240 valence electrons. The van der Waals surface area contributed by atoms with Crippen LogP contribution < -0.4 is 14.4 Å². The van der Waals surface area contributed by atoms with Gasteiger partial charge in [-0.2, -0.15) is 0 Å². The Morgan fingerprint density at radius 3 is 2.09 bits per heavy atom. The maximum absolute atomic E-state index is 14.6. The second-order valence-electron chi connectivity index (χ2n) is 11.7. The molecule has 1 aliphatic carbocycles. The van der Waals surface area contributed by atoms with Crippen molar-refractivity contribution in [3.8, 4) is 5.75 Å². The van der Waals surface area contributed by atoms with Crippen molar-refractivity contribution in [2.45, 2.75) is 62.6 Å². The summed E-state index contributed by atoms with van der Waals surface area (Å²) in [6.07, 6.45) is 4.18. The Balaban J connectivity index is 1.56. The van der Waals surface area contributed by atoms with E-state index in [9.17, 15) is 18.0 Å². The number of benzene rings is 4. The van der Waals surface area contributed by atoms with Gasteiger partial charge in [-0.1, -0.05) is 85.6 Å². The van der Waals surface area contributed by atoms with Crippen molar-refractivity contribution in [3.05, 3.63) is 126 Å². The summed E-state index contributed by atoms with van der Waals surface area (Å²) in [7, 11) is -2.63. The van der Waals surface area contributed by atoms with Gasteiger partial charge in [0.15, 0.2) is 0 Å². The molecule has 1 atom stereocenters. The van der Waals surface area contributed by atoms with Crippen LogP contribution in [0.4, 0.5) is 5.69 Å². The van der Waals surface area contributed by atoms with E-state index in [-0.39, 0.29) is 29.8 Å². The highest BCUT2D eigenvalue weighted by Gasteiger charge is 2.35. The van der Waals surface area contributed by atoms with Crippen LogP contribution in [0.1, 0.15) is 42.4 Å². The molecule has 9 heteroatoms. The molecule has 4 aromatic rings. The smallest absolute Gasteiger partial charge is 0.264 e. The molecule has 0 aliphatic heterocycles. The summed E-state index contributed by atoms with van der Waals surface area (Å²) in [5.74, 6) is -0.166. The topological polar surface area (TPSA) is 96.0 Å². The molecular formula is C37H41N3O5S. The first-order valence-corrected chi connectivity index (χ1v) is 17.1. The van der Waals surface area contributed by atoms with Crippen molar-refractivity contribution >= 4 is 27.5 Å². The first-order chi connectivity index (χ1) is 22.3. The Morgan fingerprint density at radius 1 is 0.848 bits per heavy atom. The summed E-state index contributed by atoms with van der Waals surface area (Å²) in [6.45, 7) is 1.60. The highest BCUT2D eigenvalue weighted by molar-refractivity contribution is 7.92. The van der Waals surface area contributed by atoms with Crippen LogP contribution in [0.5, 0.6) is 5.75 Å². The van der Waals surface area contributed by atoms with Gasteiger partial charge in [0, 0.05) is 19.0 Å². The van der Waals surface area contributed by atoms with Gasteiger partial charge in [0.1, 0.15) is 18.3 Å². The fraction of sp³-hybridized carbons (Fsp3) is 0.297. The number of nitrogens with one attached hydrogen (secondary N) is 1. The Labute approximate surface area is 272 Å². The Hall–Kier alpha value is -4.63. The number of amides is 2. The average Bonchev–Trinajstić information content (AvgIpc) is 3.60. The van der Waals surface area contributed by atoms with Gasteiger partial charge >= 0.3 is 0 Å². The predicted octanol–water partition coefficient (Wildman–Crippen LogP) is 5.90. The van der Waals surface area contributed by atoms with Gasteiger partial charge in [0.2, 0.25) is 11.8 Å². The number of hydrogen-bond donors (Lipinski definition) is 1. The second kappa shape index (κ2) is 15.1. The average molecular weight is 640 g/mol. The van der Waals surface area contributed by atoms with E-state index in [2.05, 4.69) is 5.32 Å². The van der Waals surface area contributed by atoms with Gasteiger partial charge in [0.05, 0.1) is 17.7 Å². The van der Waals surface area contributed by atoms with Crippen LogP contribution in [0, 0.1) is 6.92 Å². The van der Waals surface area contributed by atoms with Crippen LogP contribution in [0.25, 0.3) is 0 Å². The molecule has 46 heavy (non-hydrogen) atoms. The molecule has 0 saturated heterocycles. The minimum Gasteiger partial charge on any atom is -0.497 e. The summed E-state index contributed by atoms with van der Waals surface area (Å²) >= 11 is 0. The molecule has 0 spiro atoms. The van der Waals surface area contributed by atoms with Crippen LogP contribution >= 0.6 is 0 Å². The minimum absolute atomic E-state index is 0.0513. The van der Waals surface area contributed by atoms with Gasteiger partial charge in [-0.3, -0.25) is 13.9 Å². The van der Waals surface area contributed by atoms with Gasteiger partial charge in [0.25, 0.3) is 10.0 Å². The van der Waals surface area contributed by atoms with Gasteiger partial charge < -0.3 is 15.0 Å². The predicted molar refractivity (Wildman–Crippen MR) is 180 cm³/mol. The van der Waals surface area contributed by atoms with Crippen LogP contribution in [-0.4, -0.2) is 50.9 Å². The molecule has 2 amide bonds. The maximum atomic E-state index is 14.6. The van der Waals surface area contributed by atoms with E-state index < -0.39 is 28.5 Å². The normalized spacial score (nSPS) is 14.0. The van der Waals surface area contributed by atoms with E-state index in [1.54, 1.807) is 47.4 Å². The molecule has 1 fully saturated rings. The summed E-state index contributed by atoms with van der Waals surface area (Å²) in [4.78, 5) is 30.4. The lowest BCUT2D eigenvalue weighted by Gasteiger charge is -2.34. The van der Waals surface area contributed by atoms with Crippen LogP contribution in [0.3, 0.4) is 0 Å². The lowest BCUT2D eigenvalue weighted by molar-refractivity contribution is -0.140. The third kappa shape index (κ3) is 7.95. The zero-order chi connectivity index (χ0) is 32.5. The fourth-order valence-corrected chi connectivity index (χ4v) is 7.32. The third-order valence-electron chi connectivity index (χ3n) is 8.55. The molecule has 1 N–H and O–H groups in total. The number of nitrogens with zero attached hydrogens (tertiary/aromatic N) is 2. The molecule has 5 rings (SSSR count). The highest BCUT2D eigenvalue weighted by Crippen LogP contribution is 2.27. The molecule has 4 aromatic carbocycles. The number of ether oxygens (including phenoxy) is 1. The lowest BCUT2D eigenvalue weighted by atomic mass is 10.0. The van der Waals surface area contributed by atoms with E-state index >= 15 is 0 Å². The quantitative estimate of drug-likeness (QED) is 0.197. The molecule has 1 saturated carbocycles. The van der Waals surface area contributed by atoms with Crippen molar-refractivity contribution in [3.63, 3.8) is 0 Å². The van der Waals surface area contributed by atoms with Crippen molar-refractivity contribution < 1.29 is 22.7 Å². The first kappa shape index (κ1) is 32.8. The molecule has 8 nitrogen and oxygen atoms in total. The largest absolute Gasteiger partial charge is 0.497 e. The molecule has 0 unspecified atom stereocenters. The van der Waals surface area contributed by atoms with Crippen molar-refractivity contribution in [2.24, 2.45) is 0 Å². The number of methoxy groups -OCH3 is 1. The van der Waals surface area contributed by atoms with Gasteiger partial charge in [-0.25, -0.2) is 8.42 Å². The fourth-order valence-electron chi connectivity index (χ4n) is 5.89. The monoisotopic (exact) mass is 639 g/mol. The number of carbonyl (C=O) groups is 2. The molecule has 0 heterocycles. The van der Waals surface area contributed by atoms with E-state index in [0.29, 0.717) is 11.4 Å². The summed E-state index contributed by atoms with van der Waals surface area (Å²) in [6, 6.07) is 31.1. The van der Waals surface area contributed by atoms with Crippen molar-refractivity contribution in [2.75, 3.05) is 18.0 Å². The zero-order valence-corrected chi connectivity index (χ0v) is 27.2. The number of carbonyl (C=O) groups excluding carboxylic acids is 2. The Kier molecular flexibility index (Phi) is 10.8. The third-order valence-corrected chi connectivity index (χ3v) is 10.3. The first-order valence-electron chi connectivity index (χ1n) is 15.7. The molecule has 0 radical (unpaired) electrons. The maximum Gasteiger partial charge on any atom is 0.264 e. The number of aryl methyl sites for hydroxylation is 1.